The van der Waals surface area contributed by atoms with Crippen molar-refractivity contribution in [1.82, 2.24) is 4.90 Å². The van der Waals surface area contributed by atoms with Gasteiger partial charge in [-0.05, 0) is 69.8 Å². The molecule has 0 aliphatic carbocycles. The van der Waals surface area contributed by atoms with E-state index in [9.17, 15) is 4.79 Å². The van der Waals surface area contributed by atoms with Gasteiger partial charge in [0.15, 0.2) is 0 Å². The number of piperidine rings is 1. The molecule has 0 saturated carbocycles. The molecule has 1 fully saturated rings. The van der Waals surface area contributed by atoms with Gasteiger partial charge in [-0.2, -0.15) is 0 Å². The van der Waals surface area contributed by atoms with Crippen LogP contribution in [0.15, 0.2) is 24.3 Å². The van der Waals surface area contributed by atoms with E-state index < -0.39 is 4.32 Å². The lowest BCUT2D eigenvalue weighted by molar-refractivity contribution is -0.117. The topological polar surface area (TPSA) is 41.6 Å². The van der Waals surface area contributed by atoms with Crippen LogP contribution in [-0.4, -0.2) is 41.4 Å². The molecule has 1 aliphatic heterocycles. The van der Waals surface area contributed by atoms with E-state index in [2.05, 4.69) is 33.1 Å². The molecule has 1 amide bonds. The number of likely N-dealkylation sites (tertiary alicyclic amines) is 1. The van der Waals surface area contributed by atoms with Crippen LogP contribution in [0.25, 0.3) is 0 Å². The Hall–Kier alpha value is -1.07. The van der Waals surface area contributed by atoms with Crippen LogP contribution in [0.3, 0.4) is 0 Å². The Bertz CT molecular complexity index is 525. The summed E-state index contributed by atoms with van der Waals surface area (Å²) in [5.74, 6) is 1.61. The number of anilines is 1. The molecule has 1 saturated heterocycles. The summed E-state index contributed by atoms with van der Waals surface area (Å²) >= 11 is 3.35. The predicted octanol–water partition coefficient (Wildman–Crippen LogP) is 4.30. The first-order valence-electron chi connectivity index (χ1n) is 8.80. The molecule has 0 aromatic heterocycles. The summed E-state index contributed by atoms with van der Waals surface area (Å²) in [6.07, 6.45) is 3.73. The average Bonchev–Trinajstić information content (AvgIpc) is 2.52. The Morgan fingerprint density at radius 3 is 2.71 bits per heavy atom. The summed E-state index contributed by atoms with van der Waals surface area (Å²) in [5.41, 5.74) is 0.780. The lowest BCUT2D eigenvalue weighted by Crippen LogP contribution is -2.35. The highest BCUT2D eigenvalue weighted by Crippen LogP contribution is 2.21. The van der Waals surface area contributed by atoms with Crippen LogP contribution in [0.1, 0.15) is 40.0 Å². The number of carbonyl (C=O) groups is 1. The zero-order chi connectivity index (χ0) is 17.6. The van der Waals surface area contributed by atoms with Gasteiger partial charge in [0.1, 0.15) is 5.75 Å². The number of hydrogen-bond donors (Lipinski definition) is 1. The van der Waals surface area contributed by atoms with Crippen LogP contribution < -0.4 is 10.1 Å². The fourth-order valence-electron chi connectivity index (χ4n) is 2.88. The number of nitrogens with one attached hydrogen (secondary N) is 1. The van der Waals surface area contributed by atoms with Crippen molar-refractivity contribution in [3.63, 3.8) is 0 Å². The Morgan fingerprint density at radius 2 is 2.08 bits per heavy atom. The number of nitrogens with zero attached hydrogens (tertiary/aromatic N) is 1. The first kappa shape index (κ1) is 19.3. The molecule has 1 aromatic carbocycles. The Morgan fingerprint density at radius 1 is 1.38 bits per heavy atom. The molecule has 1 heterocycles. The molecule has 134 valence electrons. The van der Waals surface area contributed by atoms with Gasteiger partial charge in [-0.25, -0.2) is 0 Å². The van der Waals surface area contributed by atoms with E-state index >= 15 is 0 Å². The minimum Gasteiger partial charge on any atom is -0.494 e. The molecule has 0 spiro atoms. The molecular weight excluding hydrogens is 368 g/mol. The molecule has 1 N–H and O–H groups in total. The fourth-order valence-corrected chi connectivity index (χ4v) is 2.98. The molecule has 0 radical (unpaired) electrons. The van der Waals surface area contributed by atoms with Crippen molar-refractivity contribution >= 4 is 27.5 Å². The van der Waals surface area contributed by atoms with E-state index in [1.54, 1.807) is 0 Å². The van der Waals surface area contributed by atoms with Crippen LogP contribution >= 0.6 is 15.9 Å². The van der Waals surface area contributed by atoms with E-state index in [0.717, 1.165) is 36.9 Å². The van der Waals surface area contributed by atoms with E-state index in [4.69, 9.17) is 4.74 Å². The average molecular weight is 397 g/mol. The summed E-state index contributed by atoms with van der Waals surface area (Å²) in [4.78, 5) is 14.4. The molecule has 2 rings (SSSR count). The first-order valence-corrected chi connectivity index (χ1v) is 9.59. The number of halogens is 1. The van der Waals surface area contributed by atoms with E-state index in [0.29, 0.717) is 0 Å². The third kappa shape index (κ3) is 6.44. The molecule has 1 unspecified atom stereocenters. The van der Waals surface area contributed by atoms with Crippen molar-refractivity contribution in [1.29, 1.82) is 0 Å². The normalized spacial score (nSPS) is 19.1. The van der Waals surface area contributed by atoms with Crippen LogP contribution in [0.5, 0.6) is 5.75 Å². The highest BCUT2D eigenvalue weighted by Gasteiger charge is 2.23. The van der Waals surface area contributed by atoms with Gasteiger partial charge in [0.2, 0.25) is 5.91 Å². The second kappa shape index (κ2) is 8.86. The maximum atomic E-state index is 11.9. The minimum atomic E-state index is -0.575. The number of rotatable bonds is 7. The molecule has 1 aromatic rings. The van der Waals surface area contributed by atoms with Crippen molar-refractivity contribution in [2.24, 2.45) is 5.92 Å². The van der Waals surface area contributed by atoms with Gasteiger partial charge in [-0.3, -0.25) is 4.79 Å². The van der Waals surface area contributed by atoms with Crippen molar-refractivity contribution in [3.05, 3.63) is 24.3 Å². The maximum Gasteiger partial charge on any atom is 0.240 e. The molecule has 1 aliphatic rings. The smallest absolute Gasteiger partial charge is 0.240 e. The lowest BCUT2D eigenvalue weighted by atomic mass is 10.0. The van der Waals surface area contributed by atoms with Crippen LogP contribution in [-0.2, 0) is 4.79 Å². The highest BCUT2D eigenvalue weighted by molar-refractivity contribution is 9.10. The van der Waals surface area contributed by atoms with Gasteiger partial charge < -0.3 is 15.0 Å². The molecule has 5 heteroatoms. The van der Waals surface area contributed by atoms with Gasteiger partial charge in [0, 0.05) is 18.8 Å². The summed E-state index contributed by atoms with van der Waals surface area (Å²) in [6, 6.07) is 7.55. The summed E-state index contributed by atoms with van der Waals surface area (Å²) < 4.78 is 5.23. The van der Waals surface area contributed by atoms with Gasteiger partial charge in [0.25, 0.3) is 0 Å². The van der Waals surface area contributed by atoms with E-state index in [1.807, 2.05) is 38.1 Å². The SMILES string of the molecule is CC1CCCN(CCCOc2ccc(NC(=O)C(C)(C)Br)cc2)C1. The summed E-state index contributed by atoms with van der Waals surface area (Å²) in [5, 5.41) is 2.88. The second-order valence-corrected chi connectivity index (χ2v) is 9.18. The second-order valence-electron chi connectivity index (χ2n) is 7.20. The summed E-state index contributed by atoms with van der Waals surface area (Å²) in [7, 11) is 0. The number of hydrogen-bond acceptors (Lipinski definition) is 3. The van der Waals surface area contributed by atoms with Gasteiger partial charge in [0.05, 0.1) is 10.9 Å². The van der Waals surface area contributed by atoms with Crippen molar-refractivity contribution < 1.29 is 9.53 Å². The number of amides is 1. The molecule has 24 heavy (non-hydrogen) atoms. The van der Waals surface area contributed by atoms with Gasteiger partial charge in [-0.1, -0.05) is 22.9 Å². The van der Waals surface area contributed by atoms with Crippen LogP contribution in [0.2, 0.25) is 0 Å². The van der Waals surface area contributed by atoms with Crippen LogP contribution in [0, 0.1) is 5.92 Å². The Balaban J connectivity index is 1.69. The number of carbonyl (C=O) groups excluding carboxylic acids is 1. The number of alkyl halides is 1. The Kier molecular flexibility index (Phi) is 7.11. The maximum absolute atomic E-state index is 11.9. The number of benzene rings is 1. The van der Waals surface area contributed by atoms with Crippen molar-refractivity contribution in [3.8, 4) is 5.75 Å². The molecule has 4 nitrogen and oxygen atoms in total. The summed E-state index contributed by atoms with van der Waals surface area (Å²) in [6.45, 7) is 10.3. The zero-order valence-electron chi connectivity index (χ0n) is 15.0. The number of ether oxygens (including phenoxy) is 1. The van der Waals surface area contributed by atoms with E-state index in [1.165, 1.54) is 25.9 Å². The predicted molar refractivity (Wildman–Crippen MR) is 103 cm³/mol. The standard InChI is InChI=1S/C19H29BrN2O2/c1-15-6-4-11-22(14-15)12-5-13-24-17-9-7-16(8-10-17)21-18(23)19(2,3)20/h7-10,15H,4-6,11-14H2,1-3H3,(H,21,23). The Labute approximate surface area is 154 Å². The lowest BCUT2D eigenvalue weighted by Gasteiger charge is -2.30. The first-order chi connectivity index (χ1) is 11.3. The van der Waals surface area contributed by atoms with Gasteiger partial charge in [-0.15, -0.1) is 0 Å². The third-order valence-electron chi connectivity index (χ3n) is 4.28. The molecular formula is C19H29BrN2O2. The highest BCUT2D eigenvalue weighted by atomic mass is 79.9. The fraction of sp³-hybridized carbons (Fsp3) is 0.632. The third-order valence-corrected chi connectivity index (χ3v) is 4.64. The molecule has 0 bridgehead atoms. The van der Waals surface area contributed by atoms with Crippen LogP contribution in [0.4, 0.5) is 5.69 Å². The monoisotopic (exact) mass is 396 g/mol. The van der Waals surface area contributed by atoms with Crippen molar-refractivity contribution in [2.45, 2.75) is 44.4 Å². The molecule has 1 atom stereocenters. The van der Waals surface area contributed by atoms with E-state index in [-0.39, 0.29) is 5.91 Å². The largest absolute Gasteiger partial charge is 0.494 e. The quantitative estimate of drug-likeness (QED) is 0.551. The van der Waals surface area contributed by atoms with Crippen molar-refractivity contribution in [2.75, 3.05) is 31.6 Å². The van der Waals surface area contributed by atoms with Gasteiger partial charge >= 0.3 is 0 Å². The zero-order valence-corrected chi connectivity index (χ0v) is 16.6. The minimum absolute atomic E-state index is 0.0630.